The number of hydrogen-bond donors (Lipinski definition) is 1. The van der Waals surface area contributed by atoms with Gasteiger partial charge in [0.2, 0.25) is 11.8 Å². The van der Waals surface area contributed by atoms with Gasteiger partial charge in [-0.1, -0.05) is 18.2 Å². The van der Waals surface area contributed by atoms with Crippen molar-refractivity contribution in [2.24, 2.45) is 0 Å². The number of aryl methyl sites for hydroxylation is 1. The maximum absolute atomic E-state index is 12.7. The highest BCUT2D eigenvalue weighted by Gasteiger charge is 2.24. The van der Waals surface area contributed by atoms with E-state index in [0.29, 0.717) is 35.7 Å². The van der Waals surface area contributed by atoms with Crippen molar-refractivity contribution in [2.45, 2.75) is 32.4 Å². The molecule has 1 aliphatic rings. The van der Waals surface area contributed by atoms with E-state index in [-0.39, 0.29) is 5.91 Å². The van der Waals surface area contributed by atoms with Crippen molar-refractivity contribution >= 4 is 17.3 Å². The van der Waals surface area contributed by atoms with Gasteiger partial charge in [0.05, 0.1) is 19.2 Å². The van der Waals surface area contributed by atoms with Gasteiger partial charge in [-0.2, -0.15) is 0 Å². The van der Waals surface area contributed by atoms with Crippen molar-refractivity contribution in [1.82, 2.24) is 15.1 Å². The zero-order chi connectivity index (χ0) is 22.5. The van der Waals surface area contributed by atoms with E-state index in [1.54, 1.807) is 19.2 Å². The SMILES string of the molecule is COc1ccccc1C(=O)Nc1cccc(N2CCC(N(C)Cc3nnc(C)o3)CC2)c1. The number of carbonyl (C=O) groups is 1. The van der Waals surface area contributed by atoms with Gasteiger partial charge in [-0.25, -0.2) is 0 Å². The van der Waals surface area contributed by atoms with Crippen molar-refractivity contribution in [2.75, 3.05) is 37.5 Å². The van der Waals surface area contributed by atoms with Crippen molar-refractivity contribution in [3.8, 4) is 5.75 Å². The van der Waals surface area contributed by atoms with Gasteiger partial charge in [-0.3, -0.25) is 9.69 Å². The van der Waals surface area contributed by atoms with Crippen molar-refractivity contribution in [3.63, 3.8) is 0 Å². The van der Waals surface area contributed by atoms with Crippen LogP contribution in [0.15, 0.2) is 52.9 Å². The highest BCUT2D eigenvalue weighted by atomic mass is 16.5. The maximum Gasteiger partial charge on any atom is 0.259 e. The second-order valence-corrected chi connectivity index (χ2v) is 8.05. The van der Waals surface area contributed by atoms with Crippen LogP contribution in [0.4, 0.5) is 11.4 Å². The summed E-state index contributed by atoms with van der Waals surface area (Å²) in [6.07, 6.45) is 2.09. The molecule has 1 saturated heterocycles. The zero-order valence-electron chi connectivity index (χ0n) is 18.7. The van der Waals surface area contributed by atoms with Crippen molar-refractivity contribution in [1.29, 1.82) is 0 Å². The van der Waals surface area contributed by atoms with Crippen LogP contribution in [0, 0.1) is 6.92 Å². The molecule has 32 heavy (non-hydrogen) atoms. The number of ether oxygens (including phenoxy) is 1. The summed E-state index contributed by atoms with van der Waals surface area (Å²) >= 11 is 0. The van der Waals surface area contributed by atoms with E-state index < -0.39 is 0 Å². The summed E-state index contributed by atoms with van der Waals surface area (Å²) in [6.45, 7) is 4.36. The minimum absolute atomic E-state index is 0.184. The van der Waals surface area contributed by atoms with Crippen molar-refractivity contribution in [3.05, 3.63) is 65.9 Å². The highest BCUT2D eigenvalue weighted by Crippen LogP contribution is 2.26. The number of anilines is 2. The summed E-state index contributed by atoms with van der Waals surface area (Å²) in [7, 11) is 3.67. The molecule has 1 aliphatic heterocycles. The topological polar surface area (TPSA) is 83.7 Å². The first-order valence-electron chi connectivity index (χ1n) is 10.8. The van der Waals surface area contributed by atoms with E-state index in [2.05, 4.69) is 38.4 Å². The molecule has 0 spiro atoms. The average molecular weight is 436 g/mol. The molecule has 0 bridgehead atoms. The summed E-state index contributed by atoms with van der Waals surface area (Å²) in [5.41, 5.74) is 2.39. The fraction of sp³-hybridized carbons (Fsp3) is 0.375. The third-order valence-electron chi connectivity index (χ3n) is 5.86. The van der Waals surface area contributed by atoms with Crippen LogP contribution < -0.4 is 15.0 Å². The smallest absolute Gasteiger partial charge is 0.259 e. The van der Waals surface area contributed by atoms with Crippen LogP contribution in [0.5, 0.6) is 5.75 Å². The molecular formula is C24H29N5O3. The molecule has 2 heterocycles. The van der Waals surface area contributed by atoms with Gasteiger partial charge in [-0.15, -0.1) is 10.2 Å². The van der Waals surface area contributed by atoms with Crippen LogP contribution in [0.25, 0.3) is 0 Å². The third kappa shape index (κ3) is 5.08. The number of aromatic nitrogens is 2. The number of para-hydroxylation sites is 1. The molecule has 8 nitrogen and oxygen atoms in total. The minimum Gasteiger partial charge on any atom is -0.496 e. The van der Waals surface area contributed by atoms with Crippen LogP contribution in [0.2, 0.25) is 0 Å². The lowest BCUT2D eigenvalue weighted by Crippen LogP contribution is -2.43. The molecule has 4 rings (SSSR count). The summed E-state index contributed by atoms with van der Waals surface area (Å²) in [5.74, 6) is 1.63. The molecule has 2 aromatic carbocycles. The van der Waals surface area contributed by atoms with E-state index in [1.807, 2.05) is 37.3 Å². The molecule has 1 N–H and O–H groups in total. The van der Waals surface area contributed by atoms with Crippen LogP contribution in [0.1, 0.15) is 35.0 Å². The number of piperidine rings is 1. The van der Waals surface area contributed by atoms with Gasteiger partial charge >= 0.3 is 0 Å². The average Bonchev–Trinajstić information content (AvgIpc) is 3.23. The molecule has 3 aromatic rings. The molecule has 0 unspecified atom stereocenters. The largest absolute Gasteiger partial charge is 0.496 e. The quantitative estimate of drug-likeness (QED) is 0.605. The maximum atomic E-state index is 12.7. The Hall–Kier alpha value is -3.39. The fourth-order valence-electron chi connectivity index (χ4n) is 4.12. The summed E-state index contributed by atoms with van der Waals surface area (Å²) in [4.78, 5) is 17.4. The van der Waals surface area contributed by atoms with E-state index >= 15 is 0 Å². The number of nitrogens with zero attached hydrogens (tertiary/aromatic N) is 4. The fourth-order valence-corrected chi connectivity index (χ4v) is 4.12. The molecule has 0 radical (unpaired) electrons. The molecule has 1 fully saturated rings. The van der Waals surface area contributed by atoms with Crippen LogP contribution >= 0.6 is 0 Å². The Morgan fingerprint density at radius 3 is 2.69 bits per heavy atom. The van der Waals surface area contributed by atoms with E-state index in [9.17, 15) is 4.79 Å². The molecule has 8 heteroatoms. The Labute approximate surface area is 188 Å². The summed E-state index contributed by atoms with van der Waals surface area (Å²) in [6, 6.07) is 15.7. The Balaban J connectivity index is 1.35. The first kappa shape index (κ1) is 21.8. The first-order valence-corrected chi connectivity index (χ1v) is 10.8. The lowest BCUT2D eigenvalue weighted by Gasteiger charge is -2.37. The molecule has 168 valence electrons. The zero-order valence-corrected chi connectivity index (χ0v) is 18.7. The van der Waals surface area contributed by atoms with Crippen LogP contribution in [0.3, 0.4) is 0 Å². The number of benzene rings is 2. The molecule has 0 atom stereocenters. The monoisotopic (exact) mass is 435 g/mol. The number of methoxy groups -OCH3 is 1. The molecule has 1 aromatic heterocycles. The second kappa shape index (κ2) is 9.82. The van der Waals surface area contributed by atoms with Gasteiger partial charge < -0.3 is 19.4 Å². The summed E-state index contributed by atoms with van der Waals surface area (Å²) in [5, 5.41) is 11.0. The Morgan fingerprint density at radius 1 is 1.19 bits per heavy atom. The normalized spacial score (nSPS) is 14.6. The molecule has 1 amide bonds. The first-order chi connectivity index (χ1) is 15.5. The van der Waals surface area contributed by atoms with Crippen molar-refractivity contribution < 1.29 is 13.9 Å². The van der Waals surface area contributed by atoms with Gasteiger partial charge in [0.1, 0.15) is 5.75 Å². The Kier molecular flexibility index (Phi) is 6.70. The Bertz CT molecular complexity index is 1060. The lowest BCUT2D eigenvalue weighted by molar-refractivity contribution is 0.102. The van der Waals surface area contributed by atoms with Crippen LogP contribution in [-0.4, -0.2) is 54.3 Å². The van der Waals surface area contributed by atoms with E-state index in [0.717, 1.165) is 37.3 Å². The second-order valence-electron chi connectivity index (χ2n) is 8.05. The third-order valence-corrected chi connectivity index (χ3v) is 5.86. The molecule has 0 saturated carbocycles. The van der Waals surface area contributed by atoms with Gasteiger partial charge in [0.15, 0.2) is 0 Å². The number of amides is 1. The predicted molar refractivity (Wildman–Crippen MR) is 123 cm³/mol. The van der Waals surface area contributed by atoms with Crippen LogP contribution in [-0.2, 0) is 6.54 Å². The Morgan fingerprint density at radius 2 is 1.97 bits per heavy atom. The molecule has 0 aliphatic carbocycles. The standard InChI is InChI=1S/C24H29N5O3/c1-17-26-27-23(32-17)16-28(2)19-11-13-29(14-12-19)20-8-6-7-18(15-20)25-24(30)21-9-4-5-10-22(21)31-3/h4-10,15,19H,11-14,16H2,1-3H3,(H,25,30). The van der Waals surface area contributed by atoms with E-state index in [1.165, 1.54) is 0 Å². The highest BCUT2D eigenvalue weighted by molar-refractivity contribution is 6.06. The lowest BCUT2D eigenvalue weighted by atomic mass is 10.0. The van der Waals surface area contributed by atoms with Gasteiger partial charge in [0.25, 0.3) is 5.91 Å². The number of rotatable bonds is 7. The minimum atomic E-state index is -0.184. The predicted octanol–water partition coefficient (Wildman–Crippen LogP) is 3.74. The molecular weight excluding hydrogens is 406 g/mol. The van der Waals surface area contributed by atoms with Gasteiger partial charge in [-0.05, 0) is 50.2 Å². The number of carbonyl (C=O) groups excluding carboxylic acids is 1. The van der Waals surface area contributed by atoms with Gasteiger partial charge in [0, 0.05) is 37.4 Å². The number of hydrogen-bond acceptors (Lipinski definition) is 7. The van der Waals surface area contributed by atoms with E-state index in [4.69, 9.17) is 9.15 Å². The summed E-state index contributed by atoms with van der Waals surface area (Å²) < 4.78 is 10.8. The number of nitrogens with one attached hydrogen (secondary N) is 1.